The first-order chi connectivity index (χ1) is 9.72. The van der Waals surface area contributed by atoms with E-state index in [1.165, 1.54) is 23.5 Å². The van der Waals surface area contributed by atoms with Crippen molar-refractivity contribution in [3.05, 3.63) is 59.2 Å². The maximum absolute atomic E-state index is 10.7. The maximum atomic E-state index is 10.7. The average Bonchev–Trinajstić information content (AvgIpc) is 2.48. The van der Waals surface area contributed by atoms with Crippen LogP contribution in [0.5, 0.6) is 0 Å². The molecule has 0 saturated heterocycles. The third-order valence-corrected chi connectivity index (χ3v) is 3.53. The quantitative estimate of drug-likeness (QED) is 0.919. The minimum Gasteiger partial charge on any atom is -0.478 e. The topological polar surface area (TPSA) is 66.3 Å². The number of nitrogens with zero attached hydrogens (tertiary/aromatic N) is 3. The van der Waals surface area contributed by atoms with Gasteiger partial charge in [-0.3, -0.25) is 4.90 Å². The van der Waals surface area contributed by atoms with Crippen LogP contribution in [0.2, 0.25) is 0 Å². The smallest absolute Gasteiger partial charge is 0.338 e. The van der Waals surface area contributed by atoms with Gasteiger partial charge in [0.05, 0.1) is 12.1 Å². The molecule has 1 aliphatic heterocycles. The van der Waals surface area contributed by atoms with Gasteiger partial charge >= 0.3 is 5.97 Å². The zero-order valence-corrected chi connectivity index (χ0v) is 11.0. The van der Waals surface area contributed by atoms with E-state index in [0.717, 1.165) is 19.5 Å². The molecule has 0 radical (unpaired) electrons. The molecule has 1 aliphatic rings. The third kappa shape index (κ3) is 2.67. The van der Waals surface area contributed by atoms with Crippen LogP contribution in [0.15, 0.2) is 36.7 Å². The van der Waals surface area contributed by atoms with Crippen LogP contribution >= 0.6 is 0 Å². The van der Waals surface area contributed by atoms with Crippen LogP contribution < -0.4 is 0 Å². The van der Waals surface area contributed by atoms with E-state index in [-0.39, 0.29) is 5.56 Å². The number of hydrogen-bond donors (Lipinski definition) is 1. The predicted octanol–water partition coefficient (Wildman–Crippen LogP) is 1.73. The average molecular weight is 269 g/mol. The number of aromatic carboxylic acids is 1. The van der Waals surface area contributed by atoms with Gasteiger partial charge in [0.2, 0.25) is 0 Å². The molecule has 0 spiro atoms. The molecule has 0 amide bonds. The molecule has 0 bridgehead atoms. The van der Waals surface area contributed by atoms with Crippen molar-refractivity contribution in [2.75, 3.05) is 6.54 Å². The summed E-state index contributed by atoms with van der Waals surface area (Å²) in [5, 5.41) is 8.82. The van der Waals surface area contributed by atoms with E-state index in [1.54, 1.807) is 0 Å². The summed E-state index contributed by atoms with van der Waals surface area (Å²) in [4.78, 5) is 21.3. The van der Waals surface area contributed by atoms with Crippen molar-refractivity contribution in [3.63, 3.8) is 0 Å². The molecule has 20 heavy (non-hydrogen) atoms. The highest BCUT2D eigenvalue weighted by Gasteiger charge is 2.16. The largest absolute Gasteiger partial charge is 0.478 e. The normalized spacial score (nSPS) is 14.8. The molecular weight excluding hydrogens is 254 g/mol. The molecule has 1 aromatic heterocycles. The van der Waals surface area contributed by atoms with E-state index in [4.69, 9.17) is 5.11 Å². The number of carboxylic acid groups (broad SMARTS) is 1. The summed E-state index contributed by atoms with van der Waals surface area (Å²) >= 11 is 0. The van der Waals surface area contributed by atoms with Crippen LogP contribution in [0.1, 0.15) is 27.3 Å². The Hall–Kier alpha value is -2.27. The minimum absolute atomic E-state index is 0.123. The van der Waals surface area contributed by atoms with Crippen molar-refractivity contribution in [3.8, 4) is 0 Å². The van der Waals surface area contributed by atoms with Crippen molar-refractivity contribution >= 4 is 5.97 Å². The van der Waals surface area contributed by atoms with Crippen molar-refractivity contribution in [1.82, 2.24) is 14.9 Å². The van der Waals surface area contributed by atoms with E-state index in [0.29, 0.717) is 12.4 Å². The lowest BCUT2D eigenvalue weighted by atomic mass is 10.00. The Morgan fingerprint density at radius 2 is 1.90 bits per heavy atom. The molecule has 0 saturated carbocycles. The first-order valence-corrected chi connectivity index (χ1v) is 6.56. The first kappa shape index (κ1) is 12.7. The number of carboxylic acids is 1. The number of rotatable bonds is 3. The van der Waals surface area contributed by atoms with Gasteiger partial charge in [0.15, 0.2) is 0 Å². The van der Waals surface area contributed by atoms with Gasteiger partial charge in [0, 0.05) is 25.5 Å². The number of fused-ring (bicyclic) bond motifs is 1. The van der Waals surface area contributed by atoms with Gasteiger partial charge in [-0.2, -0.15) is 0 Å². The molecule has 0 aliphatic carbocycles. The molecule has 2 aromatic rings. The summed E-state index contributed by atoms with van der Waals surface area (Å²) in [6.07, 6.45) is 3.76. The van der Waals surface area contributed by atoms with E-state index in [1.807, 2.05) is 0 Å². The Balaban J connectivity index is 1.69. The summed E-state index contributed by atoms with van der Waals surface area (Å²) in [5.41, 5.74) is 2.88. The van der Waals surface area contributed by atoms with Gasteiger partial charge in [-0.25, -0.2) is 14.8 Å². The summed E-state index contributed by atoms with van der Waals surface area (Å²) in [5.74, 6) is -0.335. The fourth-order valence-corrected chi connectivity index (χ4v) is 2.44. The molecule has 1 N–H and O–H groups in total. The summed E-state index contributed by atoms with van der Waals surface area (Å²) < 4.78 is 0. The number of carbonyl (C=O) groups is 1. The zero-order chi connectivity index (χ0) is 13.9. The van der Waals surface area contributed by atoms with Crippen molar-refractivity contribution in [2.24, 2.45) is 0 Å². The molecule has 3 rings (SSSR count). The Bertz CT molecular complexity index is 625. The summed E-state index contributed by atoms with van der Waals surface area (Å²) in [6, 6.07) is 8.45. The molecular formula is C15H15N3O2. The van der Waals surface area contributed by atoms with Crippen LogP contribution in [0, 0.1) is 0 Å². The Labute approximate surface area is 116 Å². The zero-order valence-electron chi connectivity index (χ0n) is 11.0. The van der Waals surface area contributed by atoms with Crippen molar-refractivity contribution in [1.29, 1.82) is 0 Å². The van der Waals surface area contributed by atoms with Gasteiger partial charge in [0.25, 0.3) is 0 Å². The van der Waals surface area contributed by atoms with Crippen molar-refractivity contribution in [2.45, 2.75) is 19.5 Å². The Morgan fingerprint density at radius 1 is 1.20 bits per heavy atom. The SMILES string of the molecule is O=C(O)c1cnc(CN2CCc3ccccc3C2)nc1. The number of benzene rings is 1. The van der Waals surface area contributed by atoms with Gasteiger partial charge < -0.3 is 5.11 Å². The molecule has 5 heteroatoms. The minimum atomic E-state index is -0.997. The van der Waals surface area contributed by atoms with Gasteiger partial charge in [0.1, 0.15) is 5.82 Å². The number of hydrogen-bond acceptors (Lipinski definition) is 4. The lowest BCUT2D eigenvalue weighted by Crippen LogP contribution is -2.30. The molecule has 0 atom stereocenters. The highest BCUT2D eigenvalue weighted by atomic mass is 16.4. The lowest BCUT2D eigenvalue weighted by molar-refractivity contribution is 0.0696. The maximum Gasteiger partial charge on any atom is 0.338 e. The van der Waals surface area contributed by atoms with Crippen LogP contribution in [0.25, 0.3) is 0 Å². The highest BCUT2D eigenvalue weighted by molar-refractivity contribution is 5.86. The van der Waals surface area contributed by atoms with E-state index >= 15 is 0 Å². The summed E-state index contributed by atoms with van der Waals surface area (Å²) in [6.45, 7) is 2.51. The van der Waals surface area contributed by atoms with Crippen molar-refractivity contribution < 1.29 is 9.90 Å². The molecule has 102 valence electrons. The Kier molecular flexibility index (Phi) is 3.43. The molecule has 0 fully saturated rings. The molecule has 1 aromatic carbocycles. The predicted molar refractivity (Wildman–Crippen MR) is 73.3 cm³/mol. The second-order valence-electron chi connectivity index (χ2n) is 4.92. The summed E-state index contributed by atoms with van der Waals surface area (Å²) in [7, 11) is 0. The second kappa shape index (κ2) is 5.38. The molecule has 0 unspecified atom stereocenters. The number of aromatic nitrogens is 2. The van der Waals surface area contributed by atoms with Gasteiger partial charge in [-0.1, -0.05) is 24.3 Å². The van der Waals surface area contributed by atoms with Crippen LogP contribution in [0.4, 0.5) is 0 Å². The van der Waals surface area contributed by atoms with Crippen LogP contribution in [0.3, 0.4) is 0 Å². The van der Waals surface area contributed by atoms with E-state index in [9.17, 15) is 4.79 Å². The van der Waals surface area contributed by atoms with E-state index in [2.05, 4.69) is 39.1 Å². The van der Waals surface area contributed by atoms with E-state index < -0.39 is 5.97 Å². The molecule has 5 nitrogen and oxygen atoms in total. The second-order valence-corrected chi connectivity index (χ2v) is 4.92. The fraction of sp³-hybridized carbons (Fsp3) is 0.267. The van der Waals surface area contributed by atoms with Gasteiger partial charge in [-0.05, 0) is 17.5 Å². The lowest BCUT2D eigenvalue weighted by Gasteiger charge is -2.27. The monoisotopic (exact) mass is 269 g/mol. The standard InChI is InChI=1S/C15H15N3O2/c19-15(20)13-7-16-14(17-8-13)10-18-6-5-11-3-1-2-4-12(11)9-18/h1-4,7-8H,5-6,9-10H2,(H,19,20). The molecule has 2 heterocycles. The first-order valence-electron chi connectivity index (χ1n) is 6.56. The third-order valence-electron chi connectivity index (χ3n) is 3.53. The Morgan fingerprint density at radius 3 is 2.60 bits per heavy atom. The fourth-order valence-electron chi connectivity index (χ4n) is 2.44. The van der Waals surface area contributed by atoms with Crippen LogP contribution in [-0.4, -0.2) is 32.5 Å². The highest BCUT2D eigenvalue weighted by Crippen LogP contribution is 2.19. The van der Waals surface area contributed by atoms with Gasteiger partial charge in [-0.15, -0.1) is 0 Å². The van der Waals surface area contributed by atoms with Crippen LogP contribution in [-0.2, 0) is 19.5 Å².